The van der Waals surface area contributed by atoms with E-state index in [4.69, 9.17) is 0 Å². The minimum Gasteiger partial charge on any atom is -0.344 e. The Balaban J connectivity index is 1.71. The number of thiophene rings is 1. The lowest BCUT2D eigenvalue weighted by Crippen LogP contribution is -2.28. The van der Waals surface area contributed by atoms with Crippen LogP contribution >= 0.6 is 11.3 Å². The van der Waals surface area contributed by atoms with E-state index < -0.39 is 10.0 Å². The molecule has 1 atom stereocenters. The number of carbonyl (C=O) groups excluding carboxylic acids is 1. The molecule has 8 heteroatoms. The fraction of sp³-hybridized carbons (Fsp3) is 0.158. The van der Waals surface area contributed by atoms with Gasteiger partial charge in [0.25, 0.3) is 5.91 Å². The molecule has 0 fully saturated rings. The zero-order valence-electron chi connectivity index (χ0n) is 14.6. The molecule has 3 aromatic rings. The molecule has 1 aromatic carbocycles. The topological polar surface area (TPSA) is 88.2 Å². The number of rotatable bonds is 7. The highest BCUT2D eigenvalue weighted by Crippen LogP contribution is 2.15. The molecule has 0 aliphatic heterocycles. The maximum atomic E-state index is 12.5. The van der Waals surface area contributed by atoms with Gasteiger partial charge in [-0.2, -0.15) is 0 Å². The van der Waals surface area contributed by atoms with Gasteiger partial charge < -0.3 is 5.32 Å². The molecule has 0 saturated heterocycles. The lowest BCUT2D eigenvalue weighted by atomic mass is 10.1. The highest BCUT2D eigenvalue weighted by molar-refractivity contribution is 7.89. The van der Waals surface area contributed by atoms with Crippen molar-refractivity contribution >= 4 is 27.3 Å². The standard InChI is InChI=1S/C19H19N3O3S2/c1-14(18-9-2-3-10-20-18)22-19(23)15-6-4-8-17(12-15)27(24,25)21-13-16-7-5-11-26-16/h2-12,14,21H,13H2,1H3,(H,22,23). The van der Waals surface area contributed by atoms with Crippen molar-refractivity contribution in [1.82, 2.24) is 15.0 Å². The van der Waals surface area contributed by atoms with Gasteiger partial charge in [0.2, 0.25) is 10.0 Å². The summed E-state index contributed by atoms with van der Waals surface area (Å²) >= 11 is 1.47. The number of pyridine rings is 1. The zero-order valence-corrected chi connectivity index (χ0v) is 16.3. The first kappa shape index (κ1) is 19.2. The van der Waals surface area contributed by atoms with Gasteiger partial charge in [-0.05, 0) is 48.7 Å². The second-order valence-electron chi connectivity index (χ2n) is 5.88. The average Bonchev–Trinajstić information content (AvgIpc) is 3.21. The largest absolute Gasteiger partial charge is 0.344 e. The summed E-state index contributed by atoms with van der Waals surface area (Å²) in [6.45, 7) is 2.04. The quantitative estimate of drug-likeness (QED) is 0.637. The summed E-state index contributed by atoms with van der Waals surface area (Å²) in [5.74, 6) is -0.358. The number of nitrogens with zero attached hydrogens (tertiary/aromatic N) is 1. The van der Waals surface area contributed by atoms with Crippen molar-refractivity contribution in [1.29, 1.82) is 0 Å². The van der Waals surface area contributed by atoms with Crippen molar-refractivity contribution in [2.75, 3.05) is 0 Å². The summed E-state index contributed by atoms with van der Waals surface area (Å²) < 4.78 is 27.5. The van der Waals surface area contributed by atoms with E-state index in [2.05, 4.69) is 15.0 Å². The van der Waals surface area contributed by atoms with Crippen molar-refractivity contribution in [2.24, 2.45) is 0 Å². The molecule has 3 rings (SSSR count). The van der Waals surface area contributed by atoms with Gasteiger partial charge in [-0.3, -0.25) is 9.78 Å². The molecule has 0 aliphatic rings. The molecular weight excluding hydrogens is 382 g/mol. The molecule has 0 bridgehead atoms. The molecular formula is C19H19N3O3S2. The van der Waals surface area contributed by atoms with Crippen LogP contribution in [0.2, 0.25) is 0 Å². The summed E-state index contributed by atoms with van der Waals surface area (Å²) in [6.07, 6.45) is 1.66. The fourth-order valence-electron chi connectivity index (χ4n) is 2.45. The molecule has 27 heavy (non-hydrogen) atoms. The molecule has 2 heterocycles. The van der Waals surface area contributed by atoms with Crippen molar-refractivity contribution in [2.45, 2.75) is 24.4 Å². The highest BCUT2D eigenvalue weighted by atomic mass is 32.2. The SMILES string of the molecule is CC(NC(=O)c1cccc(S(=O)(=O)NCc2cccs2)c1)c1ccccn1. The number of carbonyl (C=O) groups is 1. The van der Waals surface area contributed by atoms with E-state index in [0.717, 1.165) is 10.6 Å². The Kier molecular flexibility index (Phi) is 6.00. The van der Waals surface area contributed by atoms with Crippen LogP contribution in [-0.2, 0) is 16.6 Å². The first-order valence-corrected chi connectivity index (χ1v) is 10.7. The van der Waals surface area contributed by atoms with E-state index in [1.54, 1.807) is 24.4 Å². The molecule has 140 valence electrons. The van der Waals surface area contributed by atoms with Crippen LogP contribution in [0.3, 0.4) is 0 Å². The summed E-state index contributed by atoms with van der Waals surface area (Å²) in [6, 6.07) is 14.9. The van der Waals surface area contributed by atoms with Gasteiger partial charge in [0, 0.05) is 23.2 Å². The predicted octanol–water partition coefficient (Wildman–Crippen LogP) is 3.11. The molecule has 0 radical (unpaired) electrons. The molecule has 6 nitrogen and oxygen atoms in total. The van der Waals surface area contributed by atoms with Crippen LogP contribution in [0, 0.1) is 0 Å². The summed E-state index contributed by atoms with van der Waals surface area (Å²) in [5.41, 5.74) is 1.00. The molecule has 1 amide bonds. The third-order valence-corrected chi connectivity index (χ3v) is 6.18. The van der Waals surface area contributed by atoms with E-state index >= 15 is 0 Å². The second kappa shape index (κ2) is 8.43. The predicted molar refractivity (Wildman–Crippen MR) is 105 cm³/mol. The van der Waals surface area contributed by atoms with E-state index in [9.17, 15) is 13.2 Å². The van der Waals surface area contributed by atoms with E-state index in [0.29, 0.717) is 0 Å². The summed E-state index contributed by atoms with van der Waals surface area (Å²) in [7, 11) is -3.71. The third kappa shape index (κ3) is 5.00. The van der Waals surface area contributed by atoms with Gasteiger partial charge in [-0.15, -0.1) is 11.3 Å². The van der Waals surface area contributed by atoms with Crippen molar-refractivity contribution in [3.8, 4) is 0 Å². The number of amides is 1. The average molecular weight is 402 g/mol. The van der Waals surface area contributed by atoms with E-state index in [-0.39, 0.29) is 29.0 Å². The second-order valence-corrected chi connectivity index (χ2v) is 8.68. The molecule has 0 aliphatic carbocycles. The van der Waals surface area contributed by atoms with Gasteiger partial charge in [-0.25, -0.2) is 13.1 Å². The monoisotopic (exact) mass is 401 g/mol. The molecule has 2 N–H and O–H groups in total. The third-order valence-electron chi connectivity index (χ3n) is 3.90. The van der Waals surface area contributed by atoms with Crippen LogP contribution < -0.4 is 10.0 Å². The number of sulfonamides is 1. The Morgan fingerprint density at radius 3 is 2.70 bits per heavy atom. The van der Waals surface area contributed by atoms with Crippen molar-refractivity contribution in [3.05, 3.63) is 82.3 Å². The molecule has 0 saturated carbocycles. The number of nitrogens with one attached hydrogen (secondary N) is 2. The maximum absolute atomic E-state index is 12.5. The van der Waals surface area contributed by atoms with Crippen LogP contribution in [0.4, 0.5) is 0 Å². The van der Waals surface area contributed by atoms with E-state index in [1.165, 1.54) is 23.5 Å². The van der Waals surface area contributed by atoms with Crippen molar-refractivity contribution in [3.63, 3.8) is 0 Å². The Bertz CT molecular complexity index is 1000. The number of benzene rings is 1. The summed E-state index contributed by atoms with van der Waals surface area (Å²) in [4.78, 5) is 17.7. The van der Waals surface area contributed by atoms with Crippen LogP contribution in [0.5, 0.6) is 0 Å². The summed E-state index contributed by atoms with van der Waals surface area (Å²) in [5, 5.41) is 4.72. The van der Waals surface area contributed by atoms with Crippen LogP contribution in [-0.4, -0.2) is 19.3 Å². The number of hydrogen-bond donors (Lipinski definition) is 2. The Hall–Kier alpha value is -2.55. The van der Waals surface area contributed by atoms with Crippen molar-refractivity contribution < 1.29 is 13.2 Å². The van der Waals surface area contributed by atoms with Gasteiger partial charge in [0.15, 0.2) is 0 Å². The fourth-order valence-corrected chi connectivity index (χ4v) is 4.24. The molecule has 2 aromatic heterocycles. The molecule has 1 unspecified atom stereocenters. The minimum atomic E-state index is -3.71. The number of aromatic nitrogens is 1. The maximum Gasteiger partial charge on any atom is 0.251 e. The molecule has 0 spiro atoms. The lowest BCUT2D eigenvalue weighted by molar-refractivity contribution is 0.0939. The van der Waals surface area contributed by atoms with Gasteiger partial charge >= 0.3 is 0 Å². The van der Waals surface area contributed by atoms with E-state index in [1.807, 2.05) is 36.6 Å². The van der Waals surface area contributed by atoms with Gasteiger partial charge in [0.05, 0.1) is 16.6 Å². The highest BCUT2D eigenvalue weighted by Gasteiger charge is 2.18. The van der Waals surface area contributed by atoms with Gasteiger partial charge in [0.1, 0.15) is 0 Å². The number of hydrogen-bond acceptors (Lipinski definition) is 5. The van der Waals surface area contributed by atoms with Crippen LogP contribution in [0.1, 0.15) is 33.9 Å². The van der Waals surface area contributed by atoms with Crippen LogP contribution in [0.15, 0.2) is 71.1 Å². The normalized spacial score (nSPS) is 12.5. The Labute approximate surface area is 162 Å². The van der Waals surface area contributed by atoms with Crippen LogP contribution in [0.25, 0.3) is 0 Å². The first-order chi connectivity index (χ1) is 13.0. The first-order valence-electron chi connectivity index (χ1n) is 8.29. The zero-order chi connectivity index (χ0) is 19.3. The smallest absolute Gasteiger partial charge is 0.251 e. The Morgan fingerprint density at radius 1 is 1.15 bits per heavy atom. The minimum absolute atomic E-state index is 0.0530. The lowest BCUT2D eigenvalue weighted by Gasteiger charge is -2.14. The van der Waals surface area contributed by atoms with Gasteiger partial charge in [-0.1, -0.05) is 18.2 Å². The Morgan fingerprint density at radius 2 is 2.00 bits per heavy atom.